The van der Waals surface area contributed by atoms with Crippen molar-refractivity contribution >= 4 is 0 Å². The summed E-state index contributed by atoms with van der Waals surface area (Å²) < 4.78 is 0. The average molecular weight is 267 g/mol. The minimum atomic E-state index is 0.438. The van der Waals surface area contributed by atoms with Gasteiger partial charge in [0.25, 0.3) is 0 Å². The molecule has 3 rings (SSSR count). The summed E-state index contributed by atoms with van der Waals surface area (Å²) in [6, 6.07) is 8.42. The lowest BCUT2D eigenvalue weighted by molar-refractivity contribution is 0.609. The summed E-state index contributed by atoms with van der Waals surface area (Å²) in [5, 5.41) is 3.41. The fourth-order valence-corrected chi connectivity index (χ4v) is 2.78. The van der Waals surface area contributed by atoms with E-state index in [0.29, 0.717) is 5.92 Å². The summed E-state index contributed by atoms with van der Waals surface area (Å²) in [5.41, 5.74) is 6.10. The molecule has 0 saturated carbocycles. The molecule has 0 atom stereocenters. The number of benzene rings is 1. The third kappa shape index (κ3) is 2.46. The number of fused-ring (bicyclic) bond motifs is 1. The van der Waals surface area contributed by atoms with Crippen molar-refractivity contribution in [2.45, 2.75) is 39.7 Å². The van der Waals surface area contributed by atoms with Crippen molar-refractivity contribution in [2.24, 2.45) is 0 Å². The summed E-state index contributed by atoms with van der Waals surface area (Å²) in [6.07, 6.45) is 1.04. The van der Waals surface area contributed by atoms with E-state index in [-0.39, 0.29) is 0 Å². The Hall–Kier alpha value is -1.74. The van der Waals surface area contributed by atoms with Crippen LogP contribution in [-0.4, -0.2) is 16.5 Å². The maximum atomic E-state index is 4.86. The summed E-state index contributed by atoms with van der Waals surface area (Å²) in [7, 11) is 0. The van der Waals surface area contributed by atoms with Crippen LogP contribution in [0, 0.1) is 6.92 Å². The highest BCUT2D eigenvalue weighted by molar-refractivity contribution is 5.57. The van der Waals surface area contributed by atoms with Crippen molar-refractivity contribution in [1.29, 1.82) is 0 Å². The Kier molecular flexibility index (Phi) is 3.53. The summed E-state index contributed by atoms with van der Waals surface area (Å²) in [6.45, 7) is 8.42. The predicted molar refractivity (Wildman–Crippen MR) is 81.7 cm³/mol. The molecule has 0 unspecified atom stereocenters. The molecule has 1 aromatic carbocycles. The van der Waals surface area contributed by atoms with Crippen LogP contribution in [0.2, 0.25) is 0 Å². The summed E-state index contributed by atoms with van der Waals surface area (Å²) >= 11 is 0. The summed E-state index contributed by atoms with van der Waals surface area (Å²) in [4.78, 5) is 9.65. The molecule has 1 aliphatic rings. The highest BCUT2D eigenvalue weighted by atomic mass is 15.0. The van der Waals surface area contributed by atoms with Crippen molar-refractivity contribution in [3.8, 4) is 11.4 Å². The van der Waals surface area contributed by atoms with Gasteiger partial charge >= 0.3 is 0 Å². The van der Waals surface area contributed by atoms with Crippen LogP contribution in [0.1, 0.15) is 42.3 Å². The molecule has 1 N–H and O–H groups in total. The van der Waals surface area contributed by atoms with E-state index in [4.69, 9.17) is 9.97 Å². The molecule has 20 heavy (non-hydrogen) atoms. The number of nitrogens with zero attached hydrogens (tertiary/aromatic N) is 2. The quantitative estimate of drug-likeness (QED) is 0.908. The van der Waals surface area contributed by atoms with Gasteiger partial charge < -0.3 is 5.32 Å². The van der Waals surface area contributed by atoms with Gasteiger partial charge in [0.1, 0.15) is 0 Å². The van der Waals surface area contributed by atoms with Gasteiger partial charge in [-0.05, 0) is 37.4 Å². The van der Waals surface area contributed by atoms with Crippen LogP contribution in [0.5, 0.6) is 0 Å². The molecule has 2 aromatic rings. The van der Waals surface area contributed by atoms with Gasteiger partial charge in [0.05, 0.1) is 11.4 Å². The van der Waals surface area contributed by atoms with Crippen LogP contribution >= 0.6 is 0 Å². The van der Waals surface area contributed by atoms with Crippen LogP contribution in [0.4, 0.5) is 0 Å². The fourth-order valence-electron chi connectivity index (χ4n) is 2.78. The molecule has 1 aromatic heterocycles. The van der Waals surface area contributed by atoms with Gasteiger partial charge in [0.2, 0.25) is 0 Å². The first-order valence-electron chi connectivity index (χ1n) is 7.32. The van der Waals surface area contributed by atoms with E-state index < -0.39 is 0 Å². The van der Waals surface area contributed by atoms with Gasteiger partial charge in [-0.15, -0.1) is 0 Å². The monoisotopic (exact) mass is 267 g/mol. The molecule has 0 radical (unpaired) electrons. The predicted octanol–water partition coefficient (Wildman–Crippen LogP) is 3.22. The van der Waals surface area contributed by atoms with Crippen LogP contribution in [-0.2, 0) is 13.0 Å². The van der Waals surface area contributed by atoms with Crippen molar-refractivity contribution in [2.75, 3.05) is 6.54 Å². The first-order valence-corrected chi connectivity index (χ1v) is 7.32. The van der Waals surface area contributed by atoms with Gasteiger partial charge in [0, 0.05) is 12.1 Å². The Morgan fingerprint density at radius 2 is 2.05 bits per heavy atom. The van der Waals surface area contributed by atoms with Gasteiger partial charge in [-0.1, -0.05) is 37.6 Å². The lowest BCUT2D eigenvalue weighted by Gasteiger charge is -2.21. The molecular weight excluding hydrogens is 246 g/mol. The minimum Gasteiger partial charge on any atom is -0.311 e. The van der Waals surface area contributed by atoms with Crippen LogP contribution in [0.3, 0.4) is 0 Å². The summed E-state index contributed by atoms with van der Waals surface area (Å²) in [5.74, 6) is 1.30. The molecule has 1 aliphatic heterocycles. The molecule has 0 bridgehead atoms. The molecule has 3 heteroatoms. The van der Waals surface area contributed by atoms with E-state index in [1.165, 1.54) is 22.5 Å². The molecular formula is C17H21N3. The average Bonchev–Trinajstić information content (AvgIpc) is 2.46. The number of nitrogens with one attached hydrogen (secondary N) is 1. The zero-order chi connectivity index (χ0) is 14.1. The third-order valence-electron chi connectivity index (χ3n) is 3.79. The second-order valence-electron chi connectivity index (χ2n) is 5.81. The lowest BCUT2D eigenvalue weighted by atomic mass is 9.97. The second kappa shape index (κ2) is 5.33. The first-order chi connectivity index (χ1) is 9.65. The van der Waals surface area contributed by atoms with E-state index in [9.17, 15) is 0 Å². The fraction of sp³-hybridized carbons (Fsp3) is 0.412. The Balaban J connectivity index is 2.15. The molecule has 0 amide bonds. The Morgan fingerprint density at radius 3 is 2.80 bits per heavy atom. The molecule has 0 saturated heterocycles. The number of hydrogen-bond acceptors (Lipinski definition) is 3. The van der Waals surface area contributed by atoms with Gasteiger partial charge in [-0.25, -0.2) is 9.97 Å². The standard InChI is InChI=1S/C17H21N3/c1-11(2)16-14-7-8-18-10-15(14)19-17(20-16)13-6-4-5-12(3)9-13/h4-6,9,11,18H,7-8,10H2,1-3H3. The maximum Gasteiger partial charge on any atom is 0.159 e. The zero-order valence-electron chi connectivity index (χ0n) is 12.4. The van der Waals surface area contributed by atoms with Gasteiger partial charge in [0.15, 0.2) is 5.82 Å². The lowest BCUT2D eigenvalue weighted by Crippen LogP contribution is -2.27. The molecule has 2 heterocycles. The molecule has 3 nitrogen and oxygen atoms in total. The molecule has 0 aliphatic carbocycles. The third-order valence-corrected chi connectivity index (χ3v) is 3.79. The number of aromatic nitrogens is 2. The van der Waals surface area contributed by atoms with Gasteiger partial charge in [-0.3, -0.25) is 0 Å². The minimum absolute atomic E-state index is 0.438. The topological polar surface area (TPSA) is 37.8 Å². The van der Waals surface area contributed by atoms with Crippen LogP contribution < -0.4 is 5.32 Å². The van der Waals surface area contributed by atoms with Gasteiger partial charge in [-0.2, -0.15) is 0 Å². The van der Waals surface area contributed by atoms with E-state index >= 15 is 0 Å². The van der Waals surface area contributed by atoms with Crippen molar-refractivity contribution in [3.63, 3.8) is 0 Å². The van der Waals surface area contributed by atoms with E-state index in [1.807, 2.05) is 0 Å². The number of rotatable bonds is 2. The first kappa shape index (κ1) is 13.3. The van der Waals surface area contributed by atoms with E-state index in [2.05, 4.69) is 50.4 Å². The van der Waals surface area contributed by atoms with E-state index in [1.54, 1.807) is 0 Å². The highest BCUT2D eigenvalue weighted by Gasteiger charge is 2.19. The van der Waals surface area contributed by atoms with Crippen LogP contribution in [0.25, 0.3) is 11.4 Å². The second-order valence-corrected chi connectivity index (χ2v) is 5.81. The number of hydrogen-bond donors (Lipinski definition) is 1. The van der Waals surface area contributed by atoms with E-state index in [0.717, 1.165) is 30.9 Å². The Morgan fingerprint density at radius 1 is 1.20 bits per heavy atom. The molecule has 0 spiro atoms. The van der Waals surface area contributed by atoms with Crippen molar-refractivity contribution in [3.05, 3.63) is 46.8 Å². The smallest absolute Gasteiger partial charge is 0.159 e. The normalized spacial score (nSPS) is 14.4. The molecule has 0 fully saturated rings. The van der Waals surface area contributed by atoms with Crippen LogP contribution in [0.15, 0.2) is 24.3 Å². The Labute approximate surface area is 120 Å². The molecule has 104 valence electrons. The maximum absolute atomic E-state index is 4.86. The SMILES string of the molecule is Cc1cccc(-c2nc3c(c(C(C)C)n2)CCNC3)c1. The zero-order valence-corrected chi connectivity index (χ0v) is 12.4. The Bertz CT molecular complexity index is 632. The largest absolute Gasteiger partial charge is 0.311 e. The van der Waals surface area contributed by atoms with Crippen molar-refractivity contribution < 1.29 is 0 Å². The highest BCUT2D eigenvalue weighted by Crippen LogP contribution is 2.26. The van der Waals surface area contributed by atoms with Crippen molar-refractivity contribution in [1.82, 2.24) is 15.3 Å². The number of aryl methyl sites for hydroxylation is 1.